The van der Waals surface area contributed by atoms with Crippen molar-refractivity contribution in [2.75, 3.05) is 0 Å². The van der Waals surface area contributed by atoms with Gasteiger partial charge in [0, 0.05) is 17.6 Å². The number of carbonyl (C=O) groups excluding carboxylic acids is 3. The maximum atomic E-state index is 13.0. The number of aromatic hydroxyl groups is 1. The second-order valence-corrected chi connectivity index (χ2v) is 6.65. The Morgan fingerprint density at radius 2 is 1.80 bits per heavy atom. The number of fused-ring (bicyclic) bond motifs is 3. The average Bonchev–Trinajstić information content (AvgIpc) is 2.53. The van der Waals surface area contributed by atoms with Gasteiger partial charge in [0.25, 0.3) is 0 Å². The Hall–Kier alpha value is -2.83. The molecule has 0 aromatic heterocycles. The minimum Gasteiger partial charge on any atom is -0.507 e. The number of hydrogen-bond acceptors (Lipinski definition) is 6. The monoisotopic (exact) mass is 338 g/mol. The Labute approximate surface area is 142 Å². The summed E-state index contributed by atoms with van der Waals surface area (Å²) in [5, 5.41) is 32.0. The highest BCUT2D eigenvalue weighted by molar-refractivity contribution is 6.32. The van der Waals surface area contributed by atoms with E-state index in [9.17, 15) is 29.7 Å². The Kier molecular flexibility index (Phi) is 2.90. The molecule has 126 valence electrons. The number of Topliss-reactive ketones (excluding diaryl/α,β-unsaturated/α-hetero) is 2. The lowest BCUT2D eigenvalue weighted by Crippen LogP contribution is -2.64. The van der Waals surface area contributed by atoms with Crippen molar-refractivity contribution in [1.82, 2.24) is 0 Å². The molecule has 6 nitrogen and oxygen atoms in total. The van der Waals surface area contributed by atoms with Crippen LogP contribution in [0.2, 0.25) is 0 Å². The number of carbonyl (C=O) groups is 3. The summed E-state index contributed by atoms with van der Waals surface area (Å²) in [5.74, 6) is -2.63. The molecule has 0 bridgehead atoms. The van der Waals surface area contributed by atoms with Gasteiger partial charge in [0.1, 0.15) is 11.4 Å². The van der Waals surface area contributed by atoms with E-state index in [0.29, 0.717) is 5.57 Å². The highest BCUT2D eigenvalue weighted by atomic mass is 16.4. The summed E-state index contributed by atoms with van der Waals surface area (Å²) in [6.45, 7) is 1.63. The Balaban J connectivity index is 2.04. The van der Waals surface area contributed by atoms with Crippen molar-refractivity contribution in [2.45, 2.75) is 24.5 Å². The van der Waals surface area contributed by atoms with Crippen molar-refractivity contribution < 1.29 is 29.7 Å². The molecule has 25 heavy (non-hydrogen) atoms. The molecule has 0 aliphatic heterocycles. The number of phenols is 1. The third-order valence-corrected chi connectivity index (χ3v) is 5.05. The zero-order chi connectivity index (χ0) is 18.1. The first kappa shape index (κ1) is 15.7. The third kappa shape index (κ3) is 1.72. The van der Waals surface area contributed by atoms with Gasteiger partial charge in [0.15, 0.2) is 23.0 Å². The lowest BCUT2D eigenvalue weighted by atomic mass is 9.61. The van der Waals surface area contributed by atoms with Crippen LogP contribution in [-0.4, -0.2) is 43.9 Å². The van der Waals surface area contributed by atoms with Gasteiger partial charge in [-0.1, -0.05) is 23.8 Å². The van der Waals surface area contributed by atoms with Gasteiger partial charge in [-0.25, -0.2) is 0 Å². The number of ketones is 3. The van der Waals surface area contributed by atoms with E-state index in [0.717, 1.165) is 0 Å². The van der Waals surface area contributed by atoms with E-state index in [4.69, 9.17) is 0 Å². The Morgan fingerprint density at radius 3 is 2.52 bits per heavy atom. The summed E-state index contributed by atoms with van der Waals surface area (Å²) in [5.41, 5.74) is -4.88. The topological polar surface area (TPSA) is 112 Å². The first-order chi connectivity index (χ1) is 11.7. The zero-order valence-electron chi connectivity index (χ0n) is 13.2. The summed E-state index contributed by atoms with van der Waals surface area (Å²) in [6, 6.07) is 4.02. The van der Waals surface area contributed by atoms with E-state index in [1.807, 2.05) is 0 Å². The molecule has 3 aliphatic rings. The van der Waals surface area contributed by atoms with Crippen molar-refractivity contribution in [1.29, 1.82) is 0 Å². The molecule has 2 unspecified atom stereocenters. The standard InChI is InChI=1S/C19H14O6/c1-9-7-13(21)19(25)15-11(5-6-18(19,24)8-9)16(22)14-10(17(15)23)3-2-4-12(14)20/h2-7,20,24-25H,8H2,1H3. The maximum Gasteiger partial charge on any atom is 0.198 e. The smallest absolute Gasteiger partial charge is 0.198 e. The van der Waals surface area contributed by atoms with Crippen molar-refractivity contribution in [3.05, 3.63) is 64.3 Å². The summed E-state index contributed by atoms with van der Waals surface area (Å²) < 4.78 is 0. The quantitative estimate of drug-likeness (QED) is 0.651. The van der Waals surface area contributed by atoms with E-state index in [2.05, 4.69) is 0 Å². The van der Waals surface area contributed by atoms with Gasteiger partial charge in [0.2, 0.25) is 0 Å². The third-order valence-electron chi connectivity index (χ3n) is 5.05. The maximum absolute atomic E-state index is 13.0. The molecule has 6 heteroatoms. The highest BCUT2D eigenvalue weighted by Crippen LogP contribution is 2.48. The lowest BCUT2D eigenvalue weighted by molar-refractivity contribution is -0.151. The van der Waals surface area contributed by atoms with Gasteiger partial charge >= 0.3 is 0 Å². The van der Waals surface area contributed by atoms with Crippen molar-refractivity contribution in [3.63, 3.8) is 0 Å². The normalized spacial score (nSPS) is 30.7. The molecule has 0 amide bonds. The van der Waals surface area contributed by atoms with Crippen molar-refractivity contribution in [3.8, 4) is 5.75 Å². The van der Waals surface area contributed by atoms with E-state index in [1.54, 1.807) is 6.92 Å². The summed E-state index contributed by atoms with van der Waals surface area (Å²) in [4.78, 5) is 38.3. The molecule has 0 heterocycles. The molecule has 4 rings (SSSR count). The Morgan fingerprint density at radius 1 is 1.08 bits per heavy atom. The van der Waals surface area contributed by atoms with Gasteiger partial charge in [-0.2, -0.15) is 0 Å². The minimum atomic E-state index is -2.54. The van der Waals surface area contributed by atoms with Gasteiger partial charge in [0.05, 0.1) is 11.1 Å². The number of benzene rings is 1. The Bertz CT molecular complexity index is 980. The van der Waals surface area contributed by atoms with Gasteiger partial charge in [-0.15, -0.1) is 0 Å². The van der Waals surface area contributed by atoms with Crippen LogP contribution < -0.4 is 0 Å². The van der Waals surface area contributed by atoms with E-state index < -0.39 is 34.1 Å². The number of aliphatic hydroxyl groups is 2. The summed E-state index contributed by atoms with van der Waals surface area (Å²) in [6.07, 6.45) is 3.55. The lowest BCUT2D eigenvalue weighted by Gasteiger charge is -2.47. The molecule has 1 aromatic carbocycles. The molecular weight excluding hydrogens is 324 g/mol. The molecule has 0 spiro atoms. The van der Waals surface area contributed by atoms with Crippen LogP contribution in [0.1, 0.15) is 34.1 Å². The average molecular weight is 338 g/mol. The van der Waals surface area contributed by atoms with E-state index in [1.165, 1.54) is 36.4 Å². The fourth-order valence-electron chi connectivity index (χ4n) is 3.88. The second-order valence-electron chi connectivity index (χ2n) is 6.65. The molecule has 1 aromatic rings. The van der Waals surface area contributed by atoms with Crippen LogP contribution >= 0.6 is 0 Å². The van der Waals surface area contributed by atoms with Crippen LogP contribution in [0.15, 0.2) is 53.1 Å². The van der Waals surface area contributed by atoms with Crippen molar-refractivity contribution >= 4 is 17.3 Å². The fraction of sp³-hybridized carbons (Fsp3) is 0.211. The SMILES string of the molecule is CC1=CC(=O)C2(O)C3=C(C=CC2(O)C1)C(=O)c1c(O)cccc1C3=O. The van der Waals surface area contributed by atoms with Crippen LogP contribution in [0.25, 0.3) is 0 Å². The number of rotatable bonds is 0. The number of phenolic OH excluding ortho intramolecular Hbond substituents is 1. The van der Waals surface area contributed by atoms with Crippen LogP contribution in [0.4, 0.5) is 0 Å². The van der Waals surface area contributed by atoms with Crippen molar-refractivity contribution in [2.24, 2.45) is 0 Å². The van der Waals surface area contributed by atoms with Gasteiger partial charge in [-0.3, -0.25) is 14.4 Å². The molecule has 2 atom stereocenters. The van der Waals surface area contributed by atoms with E-state index in [-0.39, 0.29) is 28.9 Å². The molecule has 0 radical (unpaired) electrons. The fourth-order valence-corrected chi connectivity index (χ4v) is 3.88. The van der Waals surface area contributed by atoms with Crippen LogP contribution in [0, 0.1) is 0 Å². The van der Waals surface area contributed by atoms with Gasteiger partial charge in [-0.05, 0) is 25.1 Å². The molecule has 0 saturated carbocycles. The second kappa shape index (κ2) is 4.62. The predicted octanol–water partition coefficient (Wildman–Crippen LogP) is 1.02. The molecule has 0 saturated heterocycles. The summed E-state index contributed by atoms with van der Waals surface area (Å²) in [7, 11) is 0. The van der Waals surface area contributed by atoms with Crippen LogP contribution in [0.3, 0.4) is 0 Å². The van der Waals surface area contributed by atoms with Crippen LogP contribution in [0.5, 0.6) is 5.75 Å². The largest absolute Gasteiger partial charge is 0.507 e. The first-order valence-corrected chi connectivity index (χ1v) is 7.72. The first-order valence-electron chi connectivity index (χ1n) is 7.72. The molecule has 3 aliphatic carbocycles. The highest BCUT2D eigenvalue weighted by Gasteiger charge is 2.62. The predicted molar refractivity (Wildman–Crippen MR) is 86.2 cm³/mol. The molecular formula is C19H14O6. The minimum absolute atomic E-state index is 0.0448. The summed E-state index contributed by atoms with van der Waals surface area (Å²) >= 11 is 0. The molecule has 3 N–H and O–H groups in total. The van der Waals surface area contributed by atoms with E-state index >= 15 is 0 Å². The van der Waals surface area contributed by atoms with Gasteiger partial charge < -0.3 is 15.3 Å². The number of hydrogen-bond donors (Lipinski definition) is 3. The molecule has 0 fully saturated rings. The van der Waals surface area contributed by atoms with Crippen LogP contribution in [-0.2, 0) is 4.79 Å². The zero-order valence-corrected chi connectivity index (χ0v) is 13.2. The number of allylic oxidation sites excluding steroid dienone is 2.